The van der Waals surface area contributed by atoms with E-state index in [4.69, 9.17) is 15.0 Å². The molecule has 0 spiro atoms. The number of hydrogen-bond acceptors (Lipinski definition) is 7. The first-order valence-corrected chi connectivity index (χ1v) is 14.4. The molecular formula is C30H36N6O3S. The zero-order valence-electron chi connectivity index (χ0n) is 23.7. The average molecular weight is 561 g/mol. The maximum Gasteiger partial charge on any atom is 0.255 e. The molecule has 40 heavy (non-hydrogen) atoms. The molecule has 0 bridgehead atoms. The summed E-state index contributed by atoms with van der Waals surface area (Å²) in [5.74, 6) is 0.475. The number of hydrogen-bond donors (Lipinski definition) is 2. The van der Waals surface area contributed by atoms with Crippen LogP contribution in [0.3, 0.4) is 0 Å². The van der Waals surface area contributed by atoms with Crippen LogP contribution >= 0.6 is 11.3 Å². The highest BCUT2D eigenvalue weighted by Crippen LogP contribution is 2.35. The average Bonchev–Trinajstić information content (AvgIpc) is 3.67. The van der Waals surface area contributed by atoms with Crippen LogP contribution in [0.1, 0.15) is 60.8 Å². The van der Waals surface area contributed by atoms with Crippen molar-refractivity contribution in [1.29, 1.82) is 5.26 Å². The monoisotopic (exact) mass is 560 g/mol. The number of ether oxygens (including phenoxy) is 1. The van der Waals surface area contributed by atoms with Crippen molar-refractivity contribution in [1.82, 2.24) is 25.2 Å². The first-order chi connectivity index (χ1) is 19.2. The van der Waals surface area contributed by atoms with Gasteiger partial charge in [-0.15, -0.1) is 11.3 Å². The summed E-state index contributed by atoms with van der Waals surface area (Å²) in [7, 11) is 1.66. The van der Waals surface area contributed by atoms with E-state index in [1.807, 2.05) is 19.1 Å². The summed E-state index contributed by atoms with van der Waals surface area (Å²) in [6.45, 7) is 9.10. The minimum atomic E-state index is -0.414. The lowest BCUT2D eigenvalue weighted by atomic mass is 10.0. The molecule has 210 valence electrons. The summed E-state index contributed by atoms with van der Waals surface area (Å²) < 4.78 is 5.68. The third-order valence-corrected chi connectivity index (χ3v) is 8.09. The molecule has 2 N–H and O–H groups in total. The zero-order valence-corrected chi connectivity index (χ0v) is 24.5. The molecule has 0 aromatic carbocycles. The predicted octanol–water partition coefficient (Wildman–Crippen LogP) is 5.47. The Hall–Kier alpha value is -3.97. The van der Waals surface area contributed by atoms with Gasteiger partial charge < -0.3 is 19.9 Å². The van der Waals surface area contributed by atoms with Crippen molar-refractivity contribution in [2.75, 3.05) is 26.7 Å². The molecule has 0 atom stereocenters. The summed E-state index contributed by atoms with van der Waals surface area (Å²) in [4.78, 5) is 40.7. The number of nitriles is 1. The molecule has 2 fully saturated rings. The Kier molecular flexibility index (Phi) is 9.38. The fourth-order valence-electron chi connectivity index (χ4n) is 3.80. The lowest BCUT2D eigenvalue weighted by molar-refractivity contribution is -0.135. The van der Waals surface area contributed by atoms with Crippen LogP contribution in [0, 0.1) is 30.1 Å². The van der Waals surface area contributed by atoms with Crippen molar-refractivity contribution in [3.05, 3.63) is 52.2 Å². The van der Waals surface area contributed by atoms with Crippen LogP contribution in [0.5, 0.6) is 0 Å². The number of nitrogens with zero attached hydrogens (tertiary/aromatic N) is 4. The number of methoxy groups -OCH3 is 1. The Labute approximate surface area is 239 Å². The molecule has 1 saturated heterocycles. The van der Waals surface area contributed by atoms with Crippen LogP contribution in [0.2, 0.25) is 0 Å². The van der Waals surface area contributed by atoms with Crippen molar-refractivity contribution < 1.29 is 14.3 Å². The largest absolute Gasteiger partial charge is 0.495 e. The van der Waals surface area contributed by atoms with Crippen LogP contribution < -0.4 is 5.32 Å². The third-order valence-electron chi connectivity index (χ3n) is 6.82. The van der Waals surface area contributed by atoms with E-state index < -0.39 is 5.91 Å². The topological polar surface area (TPSA) is 124 Å². The van der Waals surface area contributed by atoms with Gasteiger partial charge in [-0.3, -0.25) is 9.59 Å². The molecule has 3 aromatic heterocycles. The van der Waals surface area contributed by atoms with Crippen molar-refractivity contribution in [2.45, 2.75) is 47.0 Å². The fraction of sp³-hybridized carbons (Fsp3) is 0.433. The fourth-order valence-corrected chi connectivity index (χ4v) is 4.93. The molecule has 2 amide bonds. The van der Waals surface area contributed by atoms with Gasteiger partial charge in [-0.2, -0.15) is 5.26 Å². The Bertz CT molecular complexity index is 1480. The van der Waals surface area contributed by atoms with Gasteiger partial charge in [0.1, 0.15) is 11.3 Å². The molecule has 1 saturated carbocycles. The number of carbonyl (C=O) groups is 2. The Morgan fingerprint density at radius 2 is 2.02 bits per heavy atom. The van der Waals surface area contributed by atoms with Crippen molar-refractivity contribution in [3.63, 3.8) is 0 Å². The third kappa shape index (κ3) is 6.96. The van der Waals surface area contributed by atoms with Crippen LogP contribution in [0.25, 0.3) is 27.5 Å². The zero-order chi connectivity index (χ0) is 28.8. The van der Waals surface area contributed by atoms with Gasteiger partial charge in [0.05, 0.1) is 52.9 Å². The second-order valence-corrected chi connectivity index (χ2v) is 11.5. The highest BCUT2D eigenvalue weighted by Gasteiger charge is 2.30. The normalized spacial score (nSPS) is 15.3. The van der Waals surface area contributed by atoms with E-state index in [0.717, 1.165) is 21.1 Å². The van der Waals surface area contributed by atoms with E-state index in [-0.39, 0.29) is 18.4 Å². The molecular weight excluding hydrogens is 524 g/mol. The molecule has 1 aliphatic heterocycles. The van der Waals surface area contributed by atoms with E-state index in [9.17, 15) is 9.59 Å². The molecule has 9 nitrogen and oxygen atoms in total. The number of amides is 2. The van der Waals surface area contributed by atoms with Gasteiger partial charge in [0.25, 0.3) is 5.91 Å². The highest BCUT2D eigenvalue weighted by molar-refractivity contribution is 7.16. The lowest BCUT2D eigenvalue weighted by Gasteiger charge is -2.35. The SMILES string of the molecule is C1CC1.CO/C(=C/C=C(\C)C(C)C)c1sc(-c2cnc3[nH]cc(C(=O)NCC(=O)N4CC(C#N)C4)c3n2)cc1C. The summed E-state index contributed by atoms with van der Waals surface area (Å²) in [5, 5.41) is 11.5. The van der Waals surface area contributed by atoms with Crippen molar-refractivity contribution in [3.8, 4) is 16.6 Å². The summed E-state index contributed by atoms with van der Waals surface area (Å²) >= 11 is 1.55. The predicted molar refractivity (Wildman–Crippen MR) is 157 cm³/mol. The Balaban J connectivity index is 0.00000115. The molecule has 0 radical (unpaired) electrons. The smallest absolute Gasteiger partial charge is 0.255 e. The minimum Gasteiger partial charge on any atom is -0.495 e. The number of aromatic amines is 1. The molecule has 0 unspecified atom stereocenters. The summed E-state index contributed by atoms with van der Waals surface area (Å²) in [6, 6.07) is 4.17. The van der Waals surface area contributed by atoms with Gasteiger partial charge in [0.2, 0.25) is 5.91 Å². The van der Waals surface area contributed by atoms with E-state index >= 15 is 0 Å². The van der Waals surface area contributed by atoms with Gasteiger partial charge in [0.15, 0.2) is 5.65 Å². The van der Waals surface area contributed by atoms with Gasteiger partial charge in [0, 0.05) is 19.3 Å². The summed E-state index contributed by atoms with van der Waals surface area (Å²) in [6.07, 6.45) is 11.8. The Morgan fingerprint density at radius 1 is 1.30 bits per heavy atom. The first kappa shape index (κ1) is 29.0. The number of likely N-dealkylation sites (tertiary alicyclic amines) is 1. The molecule has 10 heteroatoms. The van der Waals surface area contributed by atoms with Crippen LogP contribution in [0.15, 0.2) is 36.2 Å². The van der Waals surface area contributed by atoms with E-state index in [0.29, 0.717) is 41.4 Å². The van der Waals surface area contributed by atoms with Crippen LogP contribution in [0.4, 0.5) is 0 Å². The van der Waals surface area contributed by atoms with Crippen molar-refractivity contribution >= 4 is 40.1 Å². The number of nitrogens with one attached hydrogen (secondary N) is 2. The van der Waals surface area contributed by atoms with E-state index in [2.05, 4.69) is 48.2 Å². The minimum absolute atomic E-state index is 0.126. The molecule has 4 heterocycles. The molecule has 5 rings (SSSR count). The number of H-pyrrole nitrogens is 1. The first-order valence-electron chi connectivity index (χ1n) is 13.5. The molecule has 2 aliphatic rings. The number of carbonyl (C=O) groups excluding carboxylic acids is 2. The lowest BCUT2D eigenvalue weighted by Crippen LogP contribution is -2.52. The maximum absolute atomic E-state index is 12.8. The van der Waals surface area contributed by atoms with Gasteiger partial charge in [-0.25, -0.2) is 9.97 Å². The molecule has 3 aromatic rings. The van der Waals surface area contributed by atoms with E-state index in [1.54, 1.807) is 35.7 Å². The number of allylic oxidation sites excluding steroid dienone is 3. The number of aryl methyl sites for hydroxylation is 1. The number of aromatic nitrogens is 3. The molecule has 1 aliphatic carbocycles. The summed E-state index contributed by atoms with van der Waals surface area (Å²) in [5.41, 5.74) is 4.19. The second kappa shape index (κ2) is 12.9. The van der Waals surface area contributed by atoms with Gasteiger partial charge in [-0.1, -0.05) is 44.8 Å². The second-order valence-electron chi connectivity index (χ2n) is 10.4. The van der Waals surface area contributed by atoms with Gasteiger partial charge in [-0.05, 0) is 37.5 Å². The maximum atomic E-state index is 12.8. The number of fused-ring (bicyclic) bond motifs is 1. The van der Waals surface area contributed by atoms with Crippen LogP contribution in [-0.2, 0) is 9.53 Å². The van der Waals surface area contributed by atoms with E-state index in [1.165, 1.54) is 24.8 Å². The number of thiophene rings is 1. The van der Waals surface area contributed by atoms with Gasteiger partial charge >= 0.3 is 0 Å². The van der Waals surface area contributed by atoms with Crippen molar-refractivity contribution in [2.24, 2.45) is 11.8 Å². The highest BCUT2D eigenvalue weighted by atomic mass is 32.1. The quantitative estimate of drug-likeness (QED) is 0.278. The standard InChI is InChI=1S/C27H30N6O3S.C3H6/c1-15(2)16(3)6-7-21(36-5)25-17(4)8-22(37-25)20-11-30-26-24(32-20)19(10-29-26)27(35)31-12-23(34)33-13-18(9-28)14-33;1-2-3-1/h6-8,10-11,15,18H,12-14H2,1-5H3,(H,29,30)(H,31,35);1-3H2/b16-6+,21-7+;. The van der Waals surface area contributed by atoms with Crippen LogP contribution in [-0.4, -0.2) is 58.4 Å². The number of rotatable bonds is 8. The Morgan fingerprint density at radius 3 is 2.65 bits per heavy atom.